The number of benzene rings is 1. The van der Waals surface area contributed by atoms with E-state index in [2.05, 4.69) is 36.0 Å². The number of hydrogen-bond acceptors (Lipinski definition) is 9. The van der Waals surface area contributed by atoms with Gasteiger partial charge in [-0.2, -0.15) is 4.80 Å². The summed E-state index contributed by atoms with van der Waals surface area (Å²) >= 11 is 0. The fourth-order valence-electron chi connectivity index (χ4n) is 3.17. The Morgan fingerprint density at radius 1 is 1.04 bits per heavy atom. The molecule has 1 aliphatic rings. The molecule has 3 heterocycles. The first-order chi connectivity index (χ1) is 13.6. The topological polar surface area (TPSA) is 139 Å². The summed E-state index contributed by atoms with van der Waals surface area (Å²) in [6.07, 6.45) is 3.54. The molecule has 12 nitrogen and oxygen atoms in total. The molecule has 3 aromatic heterocycles. The van der Waals surface area contributed by atoms with E-state index in [1.165, 1.54) is 20.5 Å². The Morgan fingerprint density at radius 3 is 2.43 bits per heavy atom. The zero-order valence-electron chi connectivity index (χ0n) is 15.0. The summed E-state index contributed by atoms with van der Waals surface area (Å²) in [5.74, 6) is 0.498. The van der Waals surface area contributed by atoms with Crippen LogP contribution in [0.25, 0.3) is 21.8 Å². The fraction of sp³-hybridized carbons (Fsp3) is 0.438. The number of rotatable bonds is 5. The number of tetrazole rings is 1. The first-order valence-electron chi connectivity index (χ1n) is 8.97. The molecule has 1 saturated carbocycles. The van der Waals surface area contributed by atoms with Gasteiger partial charge in [-0.15, -0.1) is 20.4 Å². The molecule has 1 fully saturated rings. The Hall–Kier alpha value is -3.57. The van der Waals surface area contributed by atoms with Crippen LogP contribution in [0.4, 0.5) is 0 Å². The molecule has 1 aromatic carbocycles. The standard InChI is InChI=1S/C16H16N10O2/c1-9(6-25-18-8-17-21-25)26-16(28)12-5-13-11(4-14(12)20-23-26)15(27)24(22-19-13)7-10-2-3-10/h4-5,8-10H,2-3,6-7H2,1H3/t9-/m1/s1. The second-order valence-corrected chi connectivity index (χ2v) is 7.09. The van der Waals surface area contributed by atoms with Gasteiger partial charge >= 0.3 is 0 Å². The maximum absolute atomic E-state index is 12.9. The van der Waals surface area contributed by atoms with Gasteiger partial charge in [-0.05, 0) is 43.0 Å². The van der Waals surface area contributed by atoms with Crippen LogP contribution >= 0.6 is 0 Å². The van der Waals surface area contributed by atoms with Crippen LogP contribution in [0.1, 0.15) is 25.8 Å². The second-order valence-electron chi connectivity index (χ2n) is 7.09. The van der Waals surface area contributed by atoms with Crippen LogP contribution in [0.2, 0.25) is 0 Å². The predicted molar refractivity (Wildman–Crippen MR) is 96.4 cm³/mol. The Kier molecular flexibility index (Phi) is 3.70. The molecular weight excluding hydrogens is 364 g/mol. The van der Waals surface area contributed by atoms with Crippen molar-refractivity contribution < 1.29 is 0 Å². The lowest BCUT2D eigenvalue weighted by Crippen LogP contribution is -2.30. The van der Waals surface area contributed by atoms with Gasteiger partial charge in [-0.3, -0.25) is 9.59 Å². The average Bonchev–Trinajstić information content (AvgIpc) is 3.36. The van der Waals surface area contributed by atoms with Gasteiger partial charge in [-0.1, -0.05) is 10.4 Å². The van der Waals surface area contributed by atoms with Gasteiger partial charge in [0.05, 0.1) is 23.4 Å². The van der Waals surface area contributed by atoms with Gasteiger partial charge in [0.2, 0.25) is 0 Å². The minimum absolute atomic E-state index is 0.226. The molecule has 5 rings (SSSR count). The molecular formula is C16H16N10O2. The van der Waals surface area contributed by atoms with Crippen LogP contribution in [0.3, 0.4) is 0 Å². The zero-order valence-corrected chi connectivity index (χ0v) is 15.0. The van der Waals surface area contributed by atoms with Gasteiger partial charge in [0, 0.05) is 6.54 Å². The molecule has 0 bridgehead atoms. The minimum atomic E-state index is -0.341. The van der Waals surface area contributed by atoms with Crippen molar-refractivity contribution in [2.45, 2.75) is 38.9 Å². The van der Waals surface area contributed by atoms with Crippen LogP contribution in [0.5, 0.6) is 0 Å². The van der Waals surface area contributed by atoms with Crippen molar-refractivity contribution in [3.8, 4) is 0 Å². The van der Waals surface area contributed by atoms with Gasteiger partial charge in [-0.25, -0.2) is 9.36 Å². The molecule has 142 valence electrons. The SMILES string of the molecule is C[C@H](Cn1ncnn1)n1nnc2cc3c(=O)n(CC4CC4)nnc3cc2c1=O. The van der Waals surface area contributed by atoms with E-state index in [1.54, 1.807) is 12.1 Å². The number of aromatic nitrogens is 10. The largest absolute Gasteiger partial charge is 0.277 e. The third kappa shape index (κ3) is 2.82. The molecule has 0 N–H and O–H groups in total. The van der Waals surface area contributed by atoms with E-state index in [-0.39, 0.29) is 17.2 Å². The van der Waals surface area contributed by atoms with Gasteiger partial charge in [0.25, 0.3) is 11.1 Å². The van der Waals surface area contributed by atoms with Crippen LogP contribution < -0.4 is 11.1 Å². The van der Waals surface area contributed by atoms with E-state index in [4.69, 9.17) is 0 Å². The summed E-state index contributed by atoms with van der Waals surface area (Å²) in [6.45, 7) is 2.70. The van der Waals surface area contributed by atoms with Crippen molar-refractivity contribution in [1.29, 1.82) is 0 Å². The number of fused-ring (bicyclic) bond motifs is 2. The monoisotopic (exact) mass is 380 g/mol. The summed E-state index contributed by atoms with van der Waals surface area (Å²) in [6, 6.07) is 2.77. The van der Waals surface area contributed by atoms with Crippen LogP contribution in [-0.4, -0.2) is 50.2 Å². The van der Waals surface area contributed by atoms with E-state index in [1.807, 2.05) is 6.92 Å². The molecule has 4 aromatic rings. The predicted octanol–water partition coefficient (Wildman–Crippen LogP) is -0.446. The van der Waals surface area contributed by atoms with Crippen molar-refractivity contribution in [2.75, 3.05) is 0 Å². The highest BCUT2D eigenvalue weighted by Gasteiger charge is 2.23. The van der Waals surface area contributed by atoms with Crippen LogP contribution in [0, 0.1) is 5.92 Å². The fourth-order valence-corrected chi connectivity index (χ4v) is 3.17. The molecule has 1 atom stereocenters. The highest BCUT2D eigenvalue weighted by molar-refractivity contribution is 5.93. The van der Waals surface area contributed by atoms with E-state index < -0.39 is 0 Å². The number of nitrogens with zero attached hydrogens (tertiary/aromatic N) is 10. The first-order valence-corrected chi connectivity index (χ1v) is 8.97. The molecule has 0 aliphatic heterocycles. The molecule has 1 aliphatic carbocycles. The summed E-state index contributed by atoms with van der Waals surface area (Å²) in [5, 5.41) is 28.4. The second kappa shape index (κ2) is 6.25. The molecule has 0 saturated heterocycles. The van der Waals surface area contributed by atoms with Crippen molar-refractivity contribution in [1.82, 2.24) is 50.2 Å². The summed E-state index contributed by atoms with van der Waals surface area (Å²) in [5.41, 5.74) is 0.161. The lowest BCUT2D eigenvalue weighted by Gasteiger charge is -2.12. The smallest absolute Gasteiger partial charge is 0.267 e. The third-order valence-corrected chi connectivity index (χ3v) is 4.89. The quantitative estimate of drug-likeness (QED) is 0.421. The maximum Gasteiger partial charge on any atom is 0.277 e. The third-order valence-electron chi connectivity index (χ3n) is 4.89. The average molecular weight is 380 g/mol. The van der Waals surface area contributed by atoms with E-state index >= 15 is 0 Å². The van der Waals surface area contributed by atoms with Gasteiger partial charge in [0.15, 0.2) is 6.33 Å². The summed E-state index contributed by atoms with van der Waals surface area (Å²) < 4.78 is 2.65. The van der Waals surface area contributed by atoms with Crippen molar-refractivity contribution in [3.05, 3.63) is 39.2 Å². The Morgan fingerprint density at radius 2 is 1.75 bits per heavy atom. The molecule has 12 heteroatoms. The highest BCUT2D eigenvalue weighted by Crippen LogP contribution is 2.29. The van der Waals surface area contributed by atoms with Crippen LogP contribution in [0.15, 0.2) is 28.0 Å². The lowest BCUT2D eigenvalue weighted by molar-refractivity contribution is 0.354. The molecule has 28 heavy (non-hydrogen) atoms. The Bertz CT molecular complexity index is 1290. The van der Waals surface area contributed by atoms with Gasteiger partial charge < -0.3 is 0 Å². The van der Waals surface area contributed by atoms with E-state index in [0.29, 0.717) is 40.8 Å². The zero-order chi connectivity index (χ0) is 19.3. The Balaban J connectivity index is 1.59. The van der Waals surface area contributed by atoms with Crippen molar-refractivity contribution >= 4 is 21.8 Å². The van der Waals surface area contributed by atoms with Crippen molar-refractivity contribution in [2.24, 2.45) is 5.92 Å². The number of hydrogen-bond donors (Lipinski definition) is 0. The molecule has 0 radical (unpaired) electrons. The lowest BCUT2D eigenvalue weighted by atomic mass is 10.2. The maximum atomic E-state index is 12.9. The molecule has 0 amide bonds. The minimum Gasteiger partial charge on any atom is -0.267 e. The highest BCUT2D eigenvalue weighted by atomic mass is 16.1. The van der Waals surface area contributed by atoms with E-state index in [0.717, 1.165) is 12.8 Å². The normalized spacial score (nSPS) is 15.3. The first kappa shape index (κ1) is 16.6. The summed E-state index contributed by atoms with van der Waals surface area (Å²) in [4.78, 5) is 27.0. The van der Waals surface area contributed by atoms with Crippen LogP contribution in [-0.2, 0) is 13.1 Å². The summed E-state index contributed by atoms with van der Waals surface area (Å²) in [7, 11) is 0. The Labute approximate surface area is 156 Å². The van der Waals surface area contributed by atoms with Gasteiger partial charge in [0.1, 0.15) is 11.0 Å². The van der Waals surface area contributed by atoms with Crippen molar-refractivity contribution in [3.63, 3.8) is 0 Å². The van der Waals surface area contributed by atoms with E-state index in [9.17, 15) is 9.59 Å². The molecule has 0 unspecified atom stereocenters. The molecule has 0 spiro atoms.